The first-order chi connectivity index (χ1) is 7.68. The lowest BCUT2D eigenvalue weighted by molar-refractivity contribution is -0.144. The predicted molar refractivity (Wildman–Crippen MR) is 67.7 cm³/mol. The first-order valence-electron chi connectivity index (χ1n) is 5.86. The molecule has 1 aromatic heterocycles. The van der Waals surface area contributed by atoms with Crippen LogP contribution < -0.4 is 0 Å². The number of hydrogen-bond donors (Lipinski definition) is 0. The van der Waals surface area contributed by atoms with E-state index < -0.39 is 0 Å². The Morgan fingerprint density at radius 2 is 2.31 bits per heavy atom. The minimum Gasteiger partial charge on any atom is -0.466 e. The zero-order valence-corrected chi connectivity index (χ0v) is 10.9. The van der Waals surface area contributed by atoms with E-state index in [1.54, 1.807) is 11.3 Å². The van der Waals surface area contributed by atoms with Gasteiger partial charge in [0.1, 0.15) is 0 Å². The second-order valence-corrected chi connectivity index (χ2v) is 5.37. The molecule has 0 radical (unpaired) electrons. The first-order valence-corrected chi connectivity index (χ1v) is 6.74. The highest BCUT2D eigenvalue weighted by Crippen LogP contribution is 2.12. The Morgan fingerprint density at radius 3 is 2.94 bits per heavy atom. The van der Waals surface area contributed by atoms with Crippen molar-refractivity contribution in [2.24, 2.45) is 5.92 Å². The second-order valence-electron chi connectivity index (χ2n) is 4.34. The molecule has 0 atom stereocenters. The monoisotopic (exact) mass is 240 g/mol. The number of hydrogen-bond acceptors (Lipinski definition) is 3. The van der Waals surface area contributed by atoms with Crippen LogP contribution in [0.5, 0.6) is 0 Å². The molecule has 0 aromatic carbocycles. The molecule has 0 bridgehead atoms. The van der Waals surface area contributed by atoms with Crippen molar-refractivity contribution in [3.63, 3.8) is 0 Å². The molecule has 0 spiro atoms. The summed E-state index contributed by atoms with van der Waals surface area (Å²) in [4.78, 5) is 12.7. The van der Waals surface area contributed by atoms with E-state index in [2.05, 4.69) is 25.3 Å². The van der Waals surface area contributed by atoms with Gasteiger partial charge in [0.2, 0.25) is 0 Å². The third-order valence-electron chi connectivity index (χ3n) is 2.34. The van der Waals surface area contributed by atoms with E-state index >= 15 is 0 Å². The maximum Gasteiger partial charge on any atom is 0.305 e. The van der Waals surface area contributed by atoms with Gasteiger partial charge in [-0.05, 0) is 36.6 Å². The van der Waals surface area contributed by atoms with Gasteiger partial charge in [-0.15, -0.1) is 11.3 Å². The van der Waals surface area contributed by atoms with Crippen LogP contribution in [0.2, 0.25) is 0 Å². The molecule has 1 rings (SSSR count). The topological polar surface area (TPSA) is 26.3 Å². The summed E-state index contributed by atoms with van der Waals surface area (Å²) >= 11 is 1.74. The van der Waals surface area contributed by atoms with Crippen LogP contribution in [0.3, 0.4) is 0 Å². The van der Waals surface area contributed by atoms with Gasteiger partial charge in [0.05, 0.1) is 6.61 Å². The number of esters is 1. The molecule has 16 heavy (non-hydrogen) atoms. The highest BCUT2D eigenvalue weighted by atomic mass is 32.1. The number of carbonyl (C=O) groups excluding carboxylic acids is 1. The van der Waals surface area contributed by atoms with Gasteiger partial charge < -0.3 is 4.74 Å². The van der Waals surface area contributed by atoms with Crippen LogP contribution in [0.25, 0.3) is 0 Å². The molecule has 0 fully saturated rings. The standard InChI is InChI=1S/C13H20O2S/c1-11(2)8-9-15-13(14)7-3-5-12-6-4-10-16-12/h4,6,10-11H,3,5,7-9H2,1-2H3. The van der Waals surface area contributed by atoms with Gasteiger partial charge in [-0.1, -0.05) is 19.9 Å². The second kappa shape index (κ2) is 7.44. The Kier molecular flexibility index (Phi) is 6.16. The van der Waals surface area contributed by atoms with Crippen LogP contribution in [0.4, 0.5) is 0 Å². The maximum absolute atomic E-state index is 11.3. The third-order valence-corrected chi connectivity index (χ3v) is 3.28. The van der Waals surface area contributed by atoms with E-state index in [1.807, 2.05) is 6.07 Å². The average Bonchev–Trinajstić information content (AvgIpc) is 2.70. The summed E-state index contributed by atoms with van der Waals surface area (Å²) in [6, 6.07) is 4.15. The smallest absolute Gasteiger partial charge is 0.305 e. The number of rotatable bonds is 7. The molecular weight excluding hydrogens is 220 g/mol. The first kappa shape index (κ1) is 13.2. The Balaban J connectivity index is 2.02. The Labute approximate surface area is 102 Å². The van der Waals surface area contributed by atoms with E-state index in [0.717, 1.165) is 19.3 Å². The van der Waals surface area contributed by atoms with Crippen LogP contribution in [0, 0.1) is 5.92 Å². The van der Waals surface area contributed by atoms with Crippen molar-refractivity contribution in [3.05, 3.63) is 22.4 Å². The molecule has 0 aliphatic carbocycles. The molecular formula is C13H20O2S. The minimum absolute atomic E-state index is 0.0581. The van der Waals surface area contributed by atoms with Crippen LogP contribution in [0.1, 0.15) is 38.0 Å². The van der Waals surface area contributed by atoms with Crippen molar-refractivity contribution in [2.75, 3.05) is 6.61 Å². The summed E-state index contributed by atoms with van der Waals surface area (Å²) in [5.74, 6) is 0.538. The normalized spacial score (nSPS) is 10.7. The van der Waals surface area contributed by atoms with Crippen molar-refractivity contribution in [1.29, 1.82) is 0 Å². The Morgan fingerprint density at radius 1 is 1.50 bits per heavy atom. The number of aryl methyl sites for hydroxylation is 1. The summed E-state index contributed by atoms with van der Waals surface area (Å²) < 4.78 is 5.14. The fourth-order valence-corrected chi connectivity index (χ4v) is 2.09. The van der Waals surface area contributed by atoms with Crippen LogP contribution >= 0.6 is 11.3 Å². The third kappa shape index (κ3) is 5.91. The summed E-state index contributed by atoms with van der Waals surface area (Å²) in [7, 11) is 0. The fraction of sp³-hybridized carbons (Fsp3) is 0.615. The number of thiophene rings is 1. The zero-order chi connectivity index (χ0) is 11.8. The van der Waals surface area contributed by atoms with E-state index in [9.17, 15) is 4.79 Å². The summed E-state index contributed by atoms with van der Waals surface area (Å²) in [6.07, 6.45) is 3.37. The van der Waals surface area contributed by atoms with Crippen LogP contribution in [-0.4, -0.2) is 12.6 Å². The molecule has 0 aliphatic rings. The predicted octanol–water partition coefficient (Wildman–Crippen LogP) is 3.66. The molecule has 0 saturated heterocycles. The summed E-state index contributed by atoms with van der Waals surface area (Å²) in [5, 5.41) is 2.07. The molecule has 0 saturated carbocycles. The fourth-order valence-electron chi connectivity index (χ4n) is 1.34. The molecule has 1 heterocycles. The van der Waals surface area contributed by atoms with E-state index in [0.29, 0.717) is 18.9 Å². The highest BCUT2D eigenvalue weighted by molar-refractivity contribution is 7.09. The van der Waals surface area contributed by atoms with Crippen LogP contribution in [-0.2, 0) is 16.0 Å². The van der Waals surface area contributed by atoms with Crippen molar-refractivity contribution < 1.29 is 9.53 Å². The van der Waals surface area contributed by atoms with Gasteiger partial charge in [0.25, 0.3) is 0 Å². The van der Waals surface area contributed by atoms with Gasteiger partial charge in [0, 0.05) is 11.3 Å². The molecule has 0 amide bonds. The van der Waals surface area contributed by atoms with Gasteiger partial charge in [-0.2, -0.15) is 0 Å². The lowest BCUT2D eigenvalue weighted by atomic mass is 10.1. The molecule has 2 nitrogen and oxygen atoms in total. The van der Waals surface area contributed by atoms with Crippen molar-refractivity contribution in [1.82, 2.24) is 0 Å². The molecule has 90 valence electrons. The van der Waals surface area contributed by atoms with Crippen molar-refractivity contribution >= 4 is 17.3 Å². The highest BCUT2D eigenvalue weighted by Gasteiger charge is 2.04. The number of ether oxygens (including phenoxy) is 1. The number of carbonyl (C=O) groups is 1. The van der Waals surface area contributed by atoms with Crippen molar-refractivity contribution in [2.45, 2.75) is 39.5 Å². The van der Waals surface area contributed by atoms with Gasteiger partial charge in [-0.3, -0.25) is 4.79 Å². The minimum atomic E-state index is -0.0581. The molecule has 1 aromatic rings. The molecule has 0 unspecified atom stereocenters. The summed E-state index contributed by atoms with van der Waals surface area (Å²) in [5.41, 5.74) is 0. The van der Waals surface area contributed by atoms with Crippen LogP contribution in [0.15, 0.2) is 17.5 Å². The molecule has 0 aliphatic heterocycles. The summed E-state index contributed by atoms with van der Waals surface area (Å²) in [6.45, 7) is 4.82. The lowest BCUT2D eigenvalue weighted by Crippen LogP contribution is -2.07. The van der Waals surface area contributed by atoms with E-state index in [4.69, 9.17) is 4.74 Å². The SMILES string of the molecule is CC(C)CCOC(=O)CCCc1cccs1. The van der Waals surface area contributed by atoms with Gasteiger partial charge in [0.15, 0.2) is 0 Å². The molecule has 0 N–H and O–H groups in total. The van der Waals surface area contributed by atoms with Crippen molar-refractivity contribution in [3.8, 4) is 0 Å². The van der Waals surface area contributed by atoms with E-state index in [1.165, 1.54) is 4.88 Å². The quantitative estimate of drug-likeness (QED) is 0.680. The molecule has 3 heteroatoms. The largest absolute Gasteiger partial charge is 0.466 e. The zero-order valence-electron chi connectivity index (χ0n) is 10.1. The van der Waals surface area contributed by atoms with Gasteiger partial charge >= 0.3 is 5.97 Å². The Bertz CT molecular complexity index is 291. The maximum atomic E-state index is 11.3. The average molecular weight is 240 g/mol. The Hall–Kier alpha value is -0.830. The van der Waals surface area contributed by atoms with E-state index in [-0.39, 0.29) is 5.97 Å². The lowest BCUT2D eigenvalue weighted by Gasteiger charge is -2.06. The van der Waals surface area contributed by atoms with Gasteiger partial charge in [-0.25, -0.2) is 0 Å².